The van der Waals surface area contributed by atoms with E-state index in [0.717, 1.165) is 16.8 Å². The number of rotatable bonds is 5. The Balaban J connectivity index is 1.50. The Morgan fingerprint density at radius 2 is 1.70 bits per heavy atom. The van der Waals surface area contributed by atoms with Gasteiger partial charge in [0.2, 0.25) is 11.8 Å². The number of carbonyl (C=O) groups is 2. The van der Waals surface area contributed by atoms with E-state index in [1.54, 1.807) is 11.0 Å². The number of aryl methyl sites for hydroxylation is 2. The number of amides is 2. The van der Waals surface area contributed by atoms with Gasteiger partial charge >= 0.3 is 0 Å². The summed E-state index contributed by atoms with van der Waals surface area (Å²) in [5, 5.41) is 3.25. The van der Waals surface area contributed by atoms with E-state index in [1.807, 2.05) is 36.9 Å². The number of anilines is 1. The van der Waals surface area contributed by atoms with Crippen molar-refractivity contribution in [1.29, 1.82) is 0 Å². The maximum atomic E-state index is 13.8. The lowest BCUT2D eigenvalue weighted by Gasteiger charge is -2.33. The van der Waals surface area contributed by atoms with Gasteiger partial charge in [-0.2, -0.15) is 0 Å². The van der Waals surface area contributed by atoms with Crippen molar-refractivity contribution in [2.75, 3.05) is 38.0 Å². The highest BCUT2D eigenvalue weighted by Gasteiger charge is 2.21. The molecule has 0 aromatic heterocycles. The third kappa shape index (κ3) is 5.46. The molecular weight excluding hydrogens is 405 g/mol. The number of carbonyl (C=O) groups excluding carboxylic acids is 2. The minimum absolute atomic E-state index is 0.0683. The van der Waals surface area contributed by atoms with E-state index in [4.69, 9.17) is 11.6 Å². The molecular formula is C23H25ClFN3O2. The van der Waals surface area contributed by atoms with Crippen LogP contribution in [0.25, 0.3) is 6.08 Å². The molecule has 0 radical (unpaired) electrons. The molecule has 2 amide bonds. The van der Waals surface area contributed by atoms with E-state index in [-0.39, 0.29) is 28.9 Å². The van der Waals surface area contributed by atoms with E-state index >= 15 is 0 Å². The third-order valence-electron chi connectivity index (χ3n) is 5.19. The monoisotopic (exact) mass is 429 g/mol. The maximum Gasteiger partial charge on any atom is 0.246 e. The number of para-hydroxylation sites is 1. The molecule has 1 fully saturated rings. The average Bonchev–Trinajstić information content (AvgIpc) is 2.71. The summed E-state index contributed by atoms with van der Waals surface area (Å²) in [6.45, 7) is 6.41. The van der Waals surface area contributed by atoms with E-state index < -0.39 is 5.82 Å². The Morgan fingerprint density at radius 1 is 1.07 bits per heavy atom. The van der Waals surface area contributed by atoms with E-state index in [9.17, 15) is 14.0 Å². The van der Waals surface area contributed by atoms with Gasteiger partial charge in [0, 0.05) is 43.5 Å². The molecule has 1 aliphatic heterocycles. The molecule has 0 spiro atoms. The van der Waals surface area contributed by atoms with Crippen LogP contribution in [0, 0.1) is 19.7 Å². The van der Waals surface area contributed by atoms with Gasteiger partial charge < -0.3 is 10.2 Å². The van der Waals surface area contributed by atoms with Crippen LogP contribution < -0.4 is 5.32 Å². The van der Waals surface area contributed by atoms with Gasteiger partial charge in [0.05, 0.1) is 11.6 Å². The van der Waals surface area contributed by atoms with Crippen molar-refractivity contribution < 1.29 is 14.0 Å². The number of piperazine rings is 1. The highest BCUT2D eigenvalue weighted by Crippen LogP contribution is 2.21. The number of nitrogens with zero attached hydrogens (tertiary/aromatic N) is 2. The van der Waals surface area contributed by atoms with E-state index in [0.29, 0.717) is 26.2 Å². The zero-order chi connectivity index (χ0) is 21.7. The van der Waals surface area contributed by atoms with Gasteiger partial charge in [-0.15, -0.1) is 0 Å². The van der Waals surface area contributed by atoms with Crippen molar-refractivity contribution in [2.24, 2.45) is 0 Å². The lowest BCUT2D eigenvalue weighted by molar-refractivity contribution is -0.127. The van der Waals surface area contributed by atoms with Gasteiger partial charge in [-0.25, -0.2) is 4.39 Å². The summed E-state index contributed by atoms with van der Waals surface area (Å²) in [6.07, 6.45) is 2.75. The lowest BCUT2D eigenvalue weighted by atomic mass is 10.1. The summed E-state index contributed by atoms with van der Waals surface area (Å²) in [6, 6.07) is 10.3. The molecule has 0 aliphatic carbocycles. The molecule has 1 aliphatic rings. The van der Waals surface area contributed by atoms with Crippen LogP contribution in [0.15, 0.2) is 42.5 Å². The van der Waals surface area contributed by atoms with E-state index in [2.05, 4.69) is 5.32 Å². The van der Waals surface area contributed by atoms with Crippen LogP contribution in [-0.2, 0) is 9.59 Å². The summed E-state index contributed by atoms with van der Waals surface area (Å²) in [5.41, 5.74) is 3.11. The molecule has 5 nitrogen and oxygen atoms in total. The summed E-state index contributed by atoms with van der Waals surface area (Å²) in [4.78, 5) is 28.5. The van der Waals surface area contributed by atoms with Gasteiger partial charge in [0.15, 0.2) is 0 Å². The lowest BCUT2D eigenvalue weighted by Crippen LogP contribution is -2.50. The standard InChI is InChI=1S/C23H25ClFN3O2/c1-16-5-3-6-17(2)23(16)26-21(29)15-27-11-13-28(14-12-27)22(30)10-9-18-19(24)7-4-8-20(18)25/h3-10H,11-15H2,1-2H3,(H,26,29)/b10-9+. The molecule has 0 unspecified atom stereocenters. The van der Waals surface area contributed by atoms with Crippen LogP contribution in [0.3, 0.4) is 0 Å². The zero-order valence-corrected chi connectivity index (χ0v) is 17.9. The fraction of sp³-hybridized carbons (Fsp3) is 0.304. The van der Waals surface area contributed by atoms with Crippen molar-refractivity contribution in [3.63, 3.8) is 0 Å². The molecule has 1 heterocycles. The summed E-state index contributed by atoms with van der Waals surface area (Å²) >= 11 is 5.98. The van der Waals surface area contributed by atoms with E-state index in [1.165, 1.54) is 24.3 Å². The number of nitrogens with one attached hydrogen (secondary N) is 1. The maximum absolute atomic E-state index is 13.8. The highest BCUT2D eigenvalue weighted by molar-refractivity contribution is 6.32. The molecule has 2 aromatic rings. The Morgan fingerprint density at radius 3 is 2.33 bits per heavy atom. The SMILES string of the molecule is Cc1cccc(C)c1NC(=O)CN1CCN(C(=O)/C=C/c2c(F)cccc2Cl)CC1. The Kier molecular flexibility index (Phi) is 7.24. The van der Waals surface area contributed by atoms with Crippen molar-refractivity contribution >= 4 is 35.2 Å². The normalized spacial score (nSPS) is 14.9. The summed E-state index contributed by atoms with van der Waals surface area (Å²) < 4.78 is 13.8. The third-order valence-corrected chi connectivity index (χ3v) is 5.52. The first-order valence-corrected chi connectivity index (χ1v) is 10.2. The smallest absolute Gasteiger partial charge is 0.246 e. The minimum Gasteiger partial charge on any atom is -0.337 e. The van der Waals surface area contributed by atoms with Gasteiger partial charge in [-0.05, 0) is 43.2 Å². The fourth-order valence-electron chi connectivity index (χ4n) is 3.45. The van der Waals surface area contributed by atoms with Crippen molar-refractivity contribution in [3.8, 4) is 0 Å². The second-order valence-corrected chi connectivity index (χ2v) is 7.79. The first kappa shape index (κ1) is 22.0. The molecule has 7 heteroatoms. The number of halogens is 2. The number of benzene rings is 2. The molecule has 30 heavy (non-hydrogen) atoms. The van der Waals surface area contributed by atoms with Crippen LogP contribution in [0.5, 0.6) is 0 Å². The fourth-order valence-corrected chi connectivity index (χ4v) is 3.68. The highest BCUT2D eigenvalue weighted by atomic mass is 35.5. The Labute approximate surface area is 181 Å². The first-order chi connectivity index (χ1) is 14.3. The van der Waals surface area contributed by atoms with Crippen LogP contribution in [0.4, 0.5) is 10.1 Å². The zero-order valence-electron chi connectivity index (χ0n) is 17.1. The predicted octanol–water partition coefficient (Wildman–Crippen LogP) is 3.89. The van der Waals surface area contributed by atoms with Crippen LogP contribution in [0.2, 0.25) is 5.02 Å². The van der Waals surface area contributed by atoms with Gasteiger partial charge in [0.1, 0.15) is 5.82 Å². The first-order valence-electron chi connectivity index (χ1n) is 9.84. The minimum atomic E-state index is -0.466. The molecule has 2 aromatic carbocycles. The average molecular weight is 430 g/mol. The second-order valence-electron chi connectivity index (χ2n) is 7.39. The van der Waals surface area contributed by atoms with Crippen molar-refractivity contribution in [2.45, 2.75) is 13.8 Å². The molecule has 1 N–H and O–H groups in total. The molecule has 0 bridgehead atoms. The quantitative estimate of drug-likeness (QED) is 0.733. The largest absolute Gasteiger partial charge is 0.337 e. The van der Waals surface area contributed by atoms with Gasteiger partial charge in [-0.3, -0.25) is 14.5 Å². The molecule has 3 rings (SSSR count). The summed E-state index contributed by atoms with van der Waals surface area (Å²) in [5.74, 6) is -0.735. The van der Waals surface area contributed by atoms with Crippen molar-refractivity contribution in [1.82, 2.24) is 9.80 Å². The van der Waals surface area contributed by atoms with Gasteiger partial charge in [0.25, 0.3) is 0 Å². The topological polar surface area (TPSA) is 52.7 Å². The second kappa shape index (κ2) is 9.87. The van der Waals surface area contributed by atoms with Gasteiger partial charge in [-0.1, -0.05) is 35.9 Å². The predicted molar refractivity (Wildman–Crippen MR) is 118 cm³/mol. The van der Waals surface area contributed by atoms with Crippen LogP contribution >= 0.6 is 11.6 Å². The molecule has 0 atom stereocenters. The molecule has 0 saturated carbocycles. The van der Waals surface area contributed by atoms with Crippen LogP contribution in [-0.4, -0.2) is 54.3 Å². The van der Waals surface area contributed by atoms with Crippen molar-refractivity contribution in [3.05, 3.63) is 70.0 Å². The number of hydrogen-bond donors (Lipinski definition) is 1. The molecule has 158 valence electrons. The number of hydrogen-bond acceptors (Lipinski definition) is 3. The van der Waals surface area contributed by atoms with Crippen LogP contribution in [0.1, 0.15) is 16.7 Å². The molecule has 1 saturated heterocycles. The Bertz CT molecular complexity index is 928. The Hall–Kier alpha value is -2.70. The summed E-state index contributed by atoms with van der Waals surface area (Å²) in [7, 11) is 0.